The molecule has 0 aliphatic rings. The first-order valence-corrected chi connectivity index (χ1v) is 43.2. The molecule has 0 spiro atoms. The maximum Gasteiger partial charge on any atom is 0.336 e. The molecule has 0 bridgehead atoms. The number of hydrogen-bond acceptors (Lipinski definition) is 27. The average molecular weight is 1850 g/mol. The first-order chi connectivity index (χ1) is 61.0. The van der Waals surface area contributed by atoms with Gasteiger partial charge in [-0.2, -0.15) is 0 Å². The minimum absolute atomic E-state index is 0.0110. The Morgan fingerprint density at radius 1 is 0.354 bits per heavy atom. The minimum atomic E-state index is -0.729. The van der Waals surface area contributed by atoms with E-state index in [9.17, 15) is 72.8 Å². The van der Waals surface area contributed by atoms with E-state index in [2.05, 4.69) is 69.6 Å². The van der Waals surface area contributed by atoms with E-state index in [1.54, 1.807) is 55.5 Å². The summed E-state index contributed by atoms with van der Waals surface area (Å²) in [6, 6.07) is 34.0. The Morgan fingerprint density at radius 3 is 1.02 bits per heavy atom. The molecule has 4 heterocycles. The van der Waals surface area contributed by atoms with E-state index in [4.69, 9.17) is 71.5 Å². The van der Waals surface area contributed by atoms with Gasteiger partial charge in [0, 0.05) is 119 Å². The number of ketones is 3. The predicted octanol–water partition coefficient (Wildman–Crippen LogP) is 21.7. The Labute approximate surface area is 765 Å². The Balaban J connectivity index is 0.000000498. The number of carbonyl (C=O) groups excluding carboxylic acids is 6. The topological polar surface area (TPSA) is 453 Å². The number of ether oxygens (including phenoxy) is 3. The van der Waals surface area contributed by atoms with Crippen molar-refractivity contribution in [1.29, 1.82) is 0 Å². The first kappa shape index (κ1) is 113. The van der Waals surface area contributed by atoms with E-state index < -0.39 is 35.1 Å². The van der Waals surface area contributed by atoms with Gasteiger partial charge in [-0.25, -0.2) is 23.6 Å². The lowest BCUT2D eigenvalue weighted by Gasteiger charge is -2.33. The number of carbonyl (C=O) groups is 6. The SMILES string of the molecule is CCCC(=O)CC(=O)OC.CCCC(=O)CC(=O)OC.CCCC(=O)CC(=O)OCC.CCCc1cc(=O)oc2cc(O)c(C(C)(C)C)cc12.CCCc1cc(=O)oc2cc(O)c(C(C)(C)CC(C)(C)C)cc12.CCCc1cc(=O)oc2cc(O)c(Cl)cc12.CCCc1cc(=O)oc2cc(O)ccc12.Oc1ccc(Cl)c(O)c1.Oc1ccc(F)c(O)c1.Oc1cccc(O)c1. The van der Waals surface area contributed by atoms with Crippen molar-refractivity contribution in [2.45, 2.75) is 237 Å². The number of rotatable bonds is 23. The maximum atomic E-state index is 12.1. The number of phenolic OH excluding ortho intramolecular Hbond substituents is 10. The fraction of sp³-hybridized carbons (Fsp3) is 0.400. The fourth-order valence-electron chi connectivity index (χ4n) is 12.9. The largest absolute Gasteiger partial charge is 0.508 e. The third kappa shape index (κ3) is 41.6. The third-order valence-electron chi connectivity index (χ3n) is 18.3. The summed E-state index contributed by atoms with van der Waals surface area (Å²) < 4.78 is 45.8. The molecule has 0 saturated heterocycles. The van der Waals surface area contributed by atoms with Crippen LogP contribution in [0.25, 0.3) is 43.9 Å². The number of Topliss-reactive ketones (excluding diaryl/α,β-unsaturated/α-hetero) is 3. The van der Waals surface area contributed by atoms with Crippen LogP contribution in [0.2, 0.25) is 10.0 Å². The quantitative estimate of drug-likeness (QED) is 0.0123. The minimum Gasteiger partial charge on any atom is -0.508 e. The Hall–Kier alpha value is -12.7. The van der Waals surface area contributed by atoms with Gasteiger partial charge in [0.05, 0.1) is 30.9 Å². The zero-order valence-electron chi connectivity index (χ0n) is 77.3. The van der Waals surface area contributed by atoms with Crippen molar-refractivity contribution in [2.75, 3.05) is 20.8 Å². The summed E-state index contributed by atoms with van der Waals surface area (Å²) in [6.07, 6.45) is 11.6. The number of halogens is 3. The summed E-state index contributed by atoms with van der Waals surface area (Å²) in [5.41, 5.74) is 5.71. The summed E-state index contributed by atoms with van der Waals surface area (Å²) in [7, 11) is 2.56. The predicted molar refractivity (Wildman–Crippen MR) is 502 cm³/mol. The number of aromatic hydroxyl groups is 10. The highest BCUT2D eigenvalue weighted by Gasteiger charge is 2.31. The molecule has 0 aliphatic heterocycles. The van der Waals surface area contributed by atoms with Crippen LogP contribution in [-0.2, 0) is 79.5 Å². The molecule has 30 heteroatoms. The smallest absolute Gasteiger partial charge is 0.336 e. The van der Waals surface area contributed by atoms with E-state index >= 15 is 0 Å². The molecule has 0 atom stereocenters. The highest BCUT2D eigenvalue weighted by molar-refractivity contribution is 6.33. The number of benzene rings is 7. The van der Waals surface area contributed by atoms with Gasteiger partial charge >= 0.3 is 40.4 Å². The lowest BCUT2D eigenvalue weighted by atomic mass is 9.72. The highest BCUT2D eigenvalue weighted by Crippen LogP contribution is 2.43. The van der Waals surface area contributed by atoms with Crippen LogP contribution in [-0.4, -0.2) is 107 Å². The van der Waals surface area contributed by atoms with Crippen LogP contribution < -0.4 is 22.5 Å². The molecule has 0 saturated carbocycles. The van der Waals surface area contributed by atoms with Crippen molar-refractivity contribution in [1.82, 2.24) is 0 Å². The van der Waals surface area contributed by atoms with Crippen molar-refractivity contribution in [2.24, 2.45) is 5.41 Å². The molecular formula is C100H125Cl2FO27. The molecule has 0 aliphatic carbocycles. The second-order valence-corrected chi connectivity index (χ2v) is 33.4. The van der Waals surface area contributed by atoms with E-state index in [-0.39, 0.29) is 132 Å². The number of aryl methyl sites for hydroxylation is 4. The average Bonchev–Trinajstić information content (AvgIpc) is 0.726. The van der Waals surface area contributed by atoms with Gasteiger partial charge in [0.15, 0.2) is 11.6 Å². The molecular weight excluding hydrogens is 1720 g/mol. The zero-order chi connectivity index (χ0) is 98.5. The standard InChI is InChI=1S/C20H28O3.C16H20O3.C12H11ClO3.C12H12O3.C8H14O3.2C7H12O3.C6H5ClO2.C6H5FO2.C6H6O2/c1-7-8-13-9-18(22)23-17-11-16(21)15(10-14(13)17)20(5,6)12-19(2,3)4;1-5-6-10-7-15(18)19-14-9-13(17)12(8-11(10)14)16(2,3)4;1-2-3-7-4-12(15)16-11-6-10(14)9(13)5-8(7)11;1-2-3-8-6-12(14)15-11-7-9(13)4-5-10(8)11;1-3-5-7(9)6-8(10)11-4-2;2*1-3-4-6(8)5-7(9)10-2;2*7-5-2-1-4(8)3-6(5)9;7-5-2-1-3-6(8)4-5/h9-11,21H,7-8,12H2,1-6H3;7-9,17H,5-6H2,1-4H3;4-6,14H,2-3H2,1H3;4-7,13H,2-3H2,1H3;3-6H2,1-2H3;2*3-5H2,1-2H3;2*1-3,8-9H;1-4,7-8H. The summed E-state index contributed by atoms with van der Waals surface area (Å²) in [5, 5.41) is 95.3. The Morgan fingerprint density at radius 2 is 0.685 bits per heavy atom. The van der Waals surface area contributed by atoms with E-state index in [1.165, 1.54) is 74.9 Å². The molecule has 0 fully saturated rings. The monoisotopic (exact) mass is 1850 g/mol. The van der Waals surface area contributed by atoms with Crippen LogP contribution in [0.5, 0.6) is 57.5 Å². The summed E-state index contributed by atoms with van der Waals surface area (Å²) >= 11 is 11.2. The molecule has 11 rings (SSSR count). The fourth-order valence-corrected chi connectivity index (χ4v) is 13.2. The lowest BCUT2D eigenvalue weighted by Crippen LogP contribution is -2.25. The van der Waals surface area contributed by atoms with Crippen molar-refractivity contribution >= 4 is 102 Å². The Kier molecular flexibility index (Phi) is 49.4. The van der Waals surface area contributed by atoms with E-state index in [1.807, 2.05) is 60.6 Å². The van der Waals surface area contributed by atoms with Crippen molar-refractivity contribution in [3.63, 3.8) is 0 Å². The zero-order valence-corrected chi connectivity index (χ0v) is 78.8. The maximum absolute atomic E-state index is 12.1. The lowest BCUT2D eigenvalue weighted by molar-refractivity contribution is -0.146. The molecule has 7 aromatic carbocycles. The normalized spacial score (nSPS) is 10.6. The first-order valence-electron chi connectivity index (χ1n) is 42.5. The molecule has 11 aromatic rings. The second kappa shape index (κ2) is 56.6. The molecule has 27 nitrogen and oxygen atoms in total. The molecule has 130 heavy (non-hydrogen) atoms. The molecule has 708 valence electrons. The summed E-state index contributed by atoms with van der Waals surface area (Å²) in [6.45, 7) is 33.1. The summed E-state index contributed by atoms with van der Waals surface area (Å²) in [4.78, 5) is 110. The van der Waals surface area contributed by atoms with Crippen molar-refractivity contribution in [3.05, 3.63) is 230 Å². The molecule has 0 unspecified atom stereocenters. The number of hydrogen-bond donors (Lipinski definition) is 10. The van der Waals surface area contributed by atoms with Gasteiger partial charge in [-0.3, -0.25) is 28.8 Å². The third-order valence-corrected chi connectivity index (χ3v) is 18.9. The van der Waals surface area contributed by atoms with Gasteiger partial charge < -0.3 is 82.9 Å². The van der Waals surface area contributed by atoms with Gasteiger partial charge in [-0.15, -0.1) is 0 Å². The van der Waals surface area contributed by atoms with Gasteiger partial charge in [-0.1, -0.05) is 159 Å². The van der Waals surface area contributed by atoms with Crippen LogP contribution in [0.15, 0.2) is 176 Å². The number of methoxy groups -OCH3 is 2. The number of phenols is 10. The molecule has 0 radical (unpaired) electrons. The van der Waals surface area contributed by atoms with E-state index in [0.29, 0.717) is 48.2 Å². The second-order valence-electron chi connectivity index (χ2n) is 32.6. The number of esters is 3. The van der Waals surface area contributed by atoms with Gasteiger partial charge in [0.2, 0.25) is 0 Å². The van der Waals surface area contributed by atoms with Crippen LogP contribution in [0.3, 0.4) is 0 Å². The molecule has 4 aromatic heterocycles. The number of fused-ring (bicyclic) bond motifs is 4. The van der Waals surface area contributed by atoms with Gasteiger partial charge in [-0.05, 0) is 164 Å². The highest BCUT2D eigenvalue weighted by atomic mass is 35.5. The molecule has 0 amide bonds. The van der Waals surface area contributed by atoms with Crippen molar-refractivity contribution in [3.8, 4) is 57.5 Å². The van der Waals surface area contributed by atoms with E-state index in [0.717, 1.165) is 150 Å². The van der Waals surface area contributed by atoms with Crippen LogP contribution in [0.1, 0.15) is 234 Å². The van der Waals surface area contributed by atoms with Crippen LogP contribution >= 0.6 is 23.2 Å². The molecule has 10 N–H and O–H groups in total. The van der Waals surface area contributed by atoms with Gasteiger partial charge in [0.25, 0.3) is 0 Å². The van der Waals surface area contributed by atoms with Crippen LogP contribution in [0.4, 0.5) is 4.39 Å². The van der Waals surface area contributed by atoms with Gasteiger partial charge in [0.1, 0.15) is 111 Å². The van der Waals surface area contributed by atoms with Crippen molar-refractivity contribution < 1.29 is 116 Å². The van der Waals surface area contributed by atoms with Crippen LogP contribution in [0, 0.1) is 11.2 Å². The summed E-state index contributed by atoms with van der Waals surface area (Å²) in [5.74, 6) is -2.34. The Bertz CT molecular complexity index is 5650.